The second-order valence-electron chi connectivity index (χ2n) is 12.7. The normalized spacial score (nSPS) is 41.8. The number of aliphatic hydroxyl groups excluding tert-OH is 7. The van der Waals surface area contributed by atoms with Gasteiger partial charge in [-0.05, 0) is 24.5 Å². The highest BCUT2D eigenvalue weighted by atomic mass is 16.8. The highest BCUT2D eigenvalue weighted by molar-refractivity contribution is 5.96. The molecule has 5 aliphatic heterocycles. The predicted octanol–water partition coefficient (Wildman–Crippen LogP) is -1.70. The number of hydrogen-bond donors (Lipinski definition) is 8. The first-order valence-electron chi connectivity index (χ1n) is 15.8. The van der Waals surface area contributed by atoms with Gasteiger partial charge in [-0.25, -0.2) is 0 Å². The van der Waals surface area contributed by atoms with Crippen LogP contribution < -0.4 is 0 Å². The topological polar surface area (TPSA) is 224 Å². The average Bonchev–Trinajstić information content (AvgIpc) is 3.47. The molecule has 15 nitrogen and oxygen atoms in total. The number of rotatable bonds is 7. The molecule has 1 amide bonds. The van der Waals surface area contributed by atoms with Crippen LogP contribution in [0.25, 0.3) is 10.9 Å². The van der Waals surface area contributed by atoms with Gasteiger partial charge in [0.1, 0.15) is 48.8 Å². The van der Waals surface area contributed by atoms with E-state index in [2.05, 4.69) is 17.6 Å². The molecule has 1 unspecified atom stereocenters. The van der Waals surface area contributed by atoms with Crippen LogP contribution >= 0.6 is 0 Å². The SMILES string of the molecule is C=C[C@H]1C(O[C@@H]2O[C@H](CO)[C@@H](O)[C@H](O[C@@H]3O[C@H](CO)[C@@H](O)[C@H](O)[C@H]3O)[C@H]2O)OC=C2C(=O)N3CCc4c([nH]c5ccccc45)[C@H]3C[C@H]21. The number of para-hydroxylation sites is 1. The van der Waals surface area contributed by atoms with Gasteiger partial charge in [-0.3, -0.25) is 4.79 Å². The lowest BCUT2D eigenvalue weighted by Crippen LogP contribution is -2.65. The van der Waals surface area contributed by atoms with Gasteiger partial charge in [-0.1, -0.05) is 24.3 Å². The van der Waals surface area contributed by atoms with E-state index in [1.165, 1.54) is 11.8 Å². The van der Waals surface area contributed by atoms with Crippen LogP contribution in [-0.2, 0) is 34.9 Å². The number of piperidine rings is 1. The third kappa shape index (κ3) is 5.39. The molecule has 3 saturated heterocycles. The fourth-order valence-corrected chi connectivity index (χ4v) is 7.61. The maximum atomic E-state index is 13.8. The zero-order valence-electron chi connectivity index (χ0n) is 25.3. The first-order chi connectivity index (χ1) is 22.7. The lowest BCUT2D eigenvalue weighted by Gasteiger charge is -2.49. The van der Waals surface area contributed by atoms with Gasteiger partial charge in [-0.15, -0.1) is 6.58 Å². The Hall–Kier alpha value is -2.93. The molecule has 6 heterocycles. The molecule has 1 aromatic carbocycles. The maximum Gasteiger partial charge on any atom is 0.253 e. The molecule has 3 fully saturated rings. The number of nitrogens with one attached hydrogen (secondary N) is 1. The van der Waals surface area contributed by atoms with Crippen molar-refractivity contribution in [3.63, 3.8) is 0 Å². The molecule has 7 rings (SSSR count). The van der Waals surface area contributed by atoms with Crippen molar-refractivity contribution in [3.8, 4) is 0 Å². The van der Waals surface area contributed by atoms with Crippen LogP contribution in [0.4, 0.5) is 0 Å². The van der Waals surface area contributed by atoms with Crippen LogP contribution in [0, 0.1) is 11.8 Å². The molecule has 0 bridgehead atoms. The van der Waals surface area contributed by atoms with Crippen molar-refractivity contribution in [1.29, 1.82) is 0 Å². The molecule has 1 aromatic heterocycles. The van der Waals surface area contributed by atoms with E-state index in [1.807, 2.05) is 23.1 Å². The Balaban J connectivity index is 1.11. The lowest BCUT2D eigenvalue weighted by molar-refractivity contribution is -0.374. The number of amides is 1. The molecular weight excluding hydrogens is 620 g/mol. The van der Waals surface area contributed by atoms with Crippen molar-refractivity contribution < 1.29 is 64.2 Å². The molecule has 256 valence electrons. The van der Waals surface area contributed by atoms with Crippen LogP contribution in [-0.4, -0.2) is 139 Å². The minimum atomic E-state index is -1.81. The van der Waals surface area contributed by atoms with Gasteiger partial charge in [0, 0.05) is 35.0 Å². The molecule has 0 saturated carbocycles. The maximum absolute atomic E-state index is 13.8. The Bertz CT molecular complexity index is 1510. The summed E-state index contributed by atoms with van der Waals surface area (Å²) in [5.74, 6) is -1.08. The number of carbonyl (C=O) groups is 1. The second-order valence-corrected chi connectivity index (χ2v) is 12.7. The van der Waals surface area contributed by atoms with Crippen LogP contribution in [0.5, 0.6) is 0 Å². The zero-order valence-corrected chi connectivity index (χ0v) is 25.3. The molecule has 2 aromatic rings. The van der Waals surface area contributed by atoms with Gasteiger partial charge in [0.25, 0.3) is 5.91 Å². The van der Waals surface area contributed by atoms with E-state index in [1.54, 1.807) is 6.08 Å². The summed E-state index contributed by atoms with van der Waals surface area (Å²) in [4.78, 5) is 19.1. The Morgan fingerprint density at radius 1 is 0.915 bits per heavy atom. The van der Waals surface area contributed by atoms with Crippen molar-refractivity contribution >= 4 is 16.8 Å². The molecule has 8 N–H and O–H groups in total. The molecule has 0 radical (unpaired) electrons. The first-order valence-corrected chi connectivity index (χ1v) is 15.8. The van der Waals surface area contributed by atoms with Crippen molar-refractivity contribution in [3.05, 3.63) is 60.0 Å². The number of aliphatic hydroxyl groups is 7. The van der Waals surface area contributed by atoms with E-state index in [0.717, 1.165) is 23.0 Å². The van der Waals surface area contributed by atoms with E-state index >= 15 is 0 Å². The molecule has 5 aliphatic rings. The third-order valence-electron chi connectivity index (χ3n) is 10.2. The Morgan fingerprint density at radius 2 is 1.62 bits per heavy atom. The molecular formula is C32H40N2O13. The highest BCUT2D eigenvalue weighted by Crippen LogP contribution is 2.48. The first kappa shape index (κ1) is 32.6. The fourth-order valence-electron chi connectivity index (χ4n) is 7.61. The van der Waals surface area contributed by atoms with Crippen molar-refractivity contribution in [2.45, 2.75) is 86.6 Å². The molecule has 15 heteroatoms. The Morgan fingerprint density at radius 3 is 2.34 bits per heavy atom. The average molecular weight is 661 g/mol. The fraction of sp³-hybridized carbons (Fsp3) is 0.594. The van der Waals surface area contributed by atoms with Crippen LogP contribution in [0.15, 0.2) is 48.8 Å². The van der Waals surface area contributed by atoms with Crippen LogP contribution in [0.3, 0.4) is 0 Å². The number of carbonyl (C=O) groups excluding carboxylic acids is 1. The number of nitrogens with zero attached hydrogens (tertiary/aromatic N) is 1. The predicted molar refractivity (Wildman–Crippen MR) is 159 cm³/mol. The van der Waals surface area contributed by atoms with Gasteiger partial charge in [0.2, 0.25) is 6.29 Å². The van der Waals surface area contributed by atoms with Gasteiger partial charge in [0.15, 0.2) is 12.6 Å². The smallest absolute Gasteiger partial charge is 0.253 e. The Kier molecular flexibility index (Phi) is 8.90. The summed E-state index contributed by atoms with van der Waals surface area (Å²) in [6.45, 7) is 3.12. The molecule has 0 aliphatic carbocycles. The summed E-state index contributed by atoms with van der Waals surface area (Å²) in [6.07, 6.45) is -12.9. The number of H-pyrrole nitrogens is 1. The zero-order chi connectivity index (χ0) is 33.1. The van der Waals surface area contributed by atoms with E-state index in [4.69, 9.17) is 23.7 Å². The number of aromatic amines is 1. The van der Waals surface area contributed by atoms with E-state index in [9.17, 15) is 40.5 Å². The molecule has 0 spiro atoms. The van der Waals surface area contributed by atoms with Gasteiger partial charge in [0.05, 0.1) is 31.1 Å². The number of aromatic nitrogens is 1. The quantitative estimate of drug-likeness (QED) is 0.155. The van der Waals surface area contributed by atoms with Crippen molar-refractivity contribution in [2.75, 3.05) is 19.8 Å². The monoisotopic (exact) mass is 660 g/mol. The summed E-state index contributed by atoms with van der Waals surface area (Å²) in [5, 5.41) is 73.6. The summed E-state index contributed by atoms with van der Waals surface area (Å²) < 4.78 is 28.8. The van der Waals surface area contributed by atoms with Gasteiger partial charge >= 0.3 is 0 Å². The second kappa shape index (κ2) is 12.8. The van der Waals surface area contributed by atoms with E-state index in [-0.39, 0.29) is 17.9 Å². The number of fused-ring (bicyclic) bond motifs is 6. The summed E-state index contributed by atoms with van der Waals surface area (Å²) in [5.41, 5.74) is 3.67. The van der Waals surface area contributed by atoms with E-state index < -0.39 is 86.8 Å². The summed E-state index contributed by atoms with van der Waals surface area (Å²) in [6, 6.07) is 7.82. The summed E-state index contributed by atoms with van der Waals surface area (Å²) in [7, 11) is 0. The number of hydrogen-bond acceptors (Lipinski definition) is 13. The third-order valence-corrected chi connectivity index (χ3v) is 10.2. The van der Waals surface area contributed by atoms with Crippen molar-refractivity contribution in [1.82, 2.24) is 9.88 Å². The van der Waals surface area contributed by atoms with Crippen molar-refractivity contribution in [2.24, 2.45) is 11.8 Å². The minimum Gasteiger partial charge on any atom is -0.471 e. The highest BCUT2D eigenvalue weighted by Gasteiger charge is 2.53. The van der Waals surface area contributed by atoms with Crippen LogP contribution in [0.1, 0.15) is 23.7 Å². The van der Waals surface area contributed by atoms with Gasteiger partial charge in [-0.2, -0.15) is 0 Å². The Labute approximate surface area is 269 Å². The largest absolute Gasteiger partial charge is 0.471 e. The van der Waals surface area contributed by atoms with E-state index in [0.29, 0.717) is 18.5 Å². The minimum absolute atomic E-state index is 0.147. The number of benzene rings is 1. The molecule has 47 heavy (non-hydrogen) atoms. The molecule has 14 atom stereocenters. The number of ether oxygens (including phenoxy) is 5. The summed E-state index contributed by atoms with van der Waals surface area (Å²) >= 11 is 0. The lowest BCUT2D eigenvalue weighted by atomic mass is 9.74. The van der Waals surface area contributed by atoms with Gasteiger partial charge < -0.3 is 69.3 Å². The van der Waals surface area contributed by atoms with Crippen LogP contribution in [0.2, 0.25) is 0 Å². The standard InChI is InChI=1S/C32H40N2O13/c1-2-13-16-9-19-22-15(14-5-3-4-6-18(14)33-22)7-8-34(19)29(42)17(16)12-43-30(13)47-32-27(41)28(24(38)21(11-36)45-32)46-31-26(40)25(39)23(37)20(10-35)44-31/h2-6,12-13,16,19-21,23-28,30-33,35-41H,1,7-11H2/t13-,16+,19-,20-,21-,23-,24-,25+,26-,27-,28+,30?,31+,32+/m1/s1.